The van der Waals surface area contributed by atoms with Crippen LogP contribution in [0.2, 0.25) is 0 Å². The summed E-state index contributed by atoms with van der Waals surface area (Å²) in [4.78, 5) is 0. The van der Waals surface area contributed by atoms with Gasteiger partial charge in [-0.3, -0.25) is 0 Å². The summed E-state index contributed by atoms with van der Waals surface area (Å²) >= 11 is 0. The van der Waals surface area contributed by atoms with Crippen molar-refractivity contribution in [3.05, 3.63) is 23.8 Å². The minimum atomic E-state index is 0.346. The lowest BCUT2D eigenvalue weighted by molar-refractivity contribution is 0.174. The quantitative estimate of drug-likeness (QED) is 0.899. The van der Waals surface area contributed by atoms with Gasteiger partial charge in [-0.05, 0) is 50.3 Å². The monoisotopic (exact) mass is 275 g/mol. The van der Waals surface area contributed by atoms with E-state index in [4.69, 9.17) is 9.47 Å². The van der Waals surface area contributed by atoms with Crippen LogP contribution in [0.3, 0.4) is 0 Å². The first-order valence-corrected chi connectivity index (χ1v) is 7.89. The molecule has 1 aromatic rings. The molecule has 1 aliphatic carbocycles. The topological polar surface area (TPSA) is 30.5 Å². The molecular formula is C17H25NO2. The fourth-order valence-electron chi connectivity index (χ4n) is 3.44. The van der Waals surface area contributed by atoms with Gasteiger partial charge in [-0.25, -0.2) is 0 Å². The van der Waals surface area contributed by atoms with Gasteiger partial charge in [0.2, 0.25) is 6.79 Å². The molecule has 3 nitrogen and oxygen atoms in total. The molecule has 0 bridgehead atoms. The van der Waals surface area contributed by atoms with E-state index in [2.05, 4.69) is 31.3 Å². The van der Waals surface area contributed by atoms with Crippen LogP contribution in [-0.4, -0.2) is 12.8 Å². The molecule has 1 aromatic carbocycles. The molecule has 1 heterocycles. The number of rotatable bonds is 4. The zero-order valence-corrected chi connectivity index (χ0v) is 12.5. The first kappa shape index (κ1) is 13.7. The van der Waals surface area contributed by atoms with Crippen LogP contribution in [-0.2, 0) is 0 Å². The molecule has 1 N–H and O–H groups in total. The highest BCUT2D eigenvalue weighted by molar-refractivity contribution is 5.45. The lowest BCUT2D eigenvalue weighted by atomic mass is 9.84. The van der Waals surface area contributed by atoms with E-state index in [0.29, 0.717) is 18.9 Å². The molecule has 1 fully saturated rings. The molecule has 0 amide bonds. The summed E-state index contributed by atoms with van der Waals surface area (Å²) < 4.78 is 10.8. The van der Waals surface area contributed by atoms with Crippen molar-refractivity contribution >= 4 is 0 Å². The summed E-state index contributed by atoms with van der Waals surface area (Å²) in [5, 5.41) is 3.76. The Kier molecular flexibility index (Phi) is 4.16. The average molecular weight is 275 g/mol. The maximum atomic E-state index is 5.46. The third-order valence-corrected chi connectivity index (χ3v) is 4.77. The van der Waals surface area contributed by atoms with Crippen LogP contribution >= 0.6 is 0 Å². The molecule has 2 aliphatic rings. The Morgan fingerprint density at radius 2 is 1.80 bits per heavy atom. The van der Waals surface area contributed by atoms with Gasteiger partial charge >= 0.3 is 0 Å². The number of hydrogen-bond donors (Lipinski definition) is 1. The summed E-state index contributed by atoms with van der Waals surface area (Å²) in [7, 11) is 0. The molecule has 3 heteroatoms. The van der Waals surface area contributed by atoms with Crippen molar-refractivity contribution in [2.24, 2.45) is 5.92 Å². The number of fused-ring (bicyclic) bond motifs is 1. The zero-order valence-electron chi connectivity index (χ0n) is 12.5. The van der Waals surface area contributed by atoms with E-state index in [0.717, 1.165) is 17.4 Å². The minimum Gasteiger partial charge on any atom is -0.454 e. The lowest BCUT2D eigenvalue weighted by Crippen LogP contribution is -2.36. The number of hydrogen-bond acceptors (Lipinski definition) is 3. The Bertz CT molecular complexity index is 454. The number of ether oxygens (including phenoxy) is 2. The van der Waals surface area contributed by atoms with E-state index in [-0.39, 0.29) is 0 Å². The molecule has 2 unspecified atom stereocenters. The molecule has 20 heavy (non-hydrogen) atoms. The van der Waals surface area contributed by atoms with Crippen LogP contribution in [0.15, 0.2) is 18.2 Å². The maximum Gasteiger partial charge on any atom is 0.231 e. The van der Waals surface area contributed by atoms with Crippen LogP contribution in [0.5, 0.6) is 11.5 Å². The van der Waals surface area contributed by atoms with E-state index in [1.807, 2.05) is 6.07 Å². The average Bonchev–Trinajstić information content (AvgIpc) is 2.95. The Morgan fingerprint density at radius 3 is 2.60 bits per heavy atom. The second kappa shape index (κ2) is 6.04. The normalized spacial score (nSPS) is 21.7. The Balaban J connectivity index is 1.62. The van der Waals surface area contributed by atoms with Crippen molar-refractivity contribution in [2.45, 2.75) is 58.0 Å². The predicted molar refractivity (Wildman–Crippen MR) is 80.2 cm³/mol. The second-order valence-electron chi connectivity index (χ2n) is 6.19. The van der Waals surface area contributed by atoms with Gasteiger partial charge in [0.15, 0.2) is 11.5 Å². The zero-order chi connectivity index (χ0) is 13.9. The van der Waals surface area contributed by atoms with Gasteiger partial charge in [-0.1, -0.05) is 25.3 Å². The van der Waals surface area contributed by atoms with Crippen LogP contribution in [0.1, 0.15) is 57.6 Å². The van der Waals surface area contributed by atoms with Gasteiger partial charge in [0, 0.05) is 12.1 Å². The fraction of sp³-hybridized carbons (Fsp3) is 0.647. The van der Waals surface area contributed by atoms with E-state index in [1.54, 1.807) is 0 Å². The highest BCUT2D eigenvalue weighted by Crippen LogP contribution is 2.34. The number of nitrogens with one attached hydrogen (secondary N) is 1. The van der Waals surface area contributed by atoms with Gasteiger partial charge in [0.25, 0.3) is 0 Å². The highest BCUT2D eigenvalue weighted by Gasteiger charge is 2.22. The number of benzene rings is 1. The smallest absolute Gasteiger partial charge is 0.231 e. The van der Waals surface area contributed by atoms with Gasteiger partial charge in [-0.15, -0.1) is 0 Å². The Morgan fingerprint density at radius 1 is 1.05 bits per heavy atom. The molecule has 1 saturated carbocycles. The minimum absolute atomic E-state index is 0.346. The highest BCUT2D eigenvalue weighted by atomic mass is 16.7. The van der Waals surface area contributed by atoms with Crippen LogP contribution in [0, 0.1) is 5.92 Å². The molecule has 0 spiro atoms. The fourth-order valence-corrected chi connectivity index (χ4v) is 3.44. The maximum absolute atomic E-state index is 5.46. The summed E-state index contributed by atoms with van der Waals surface area (Å²) in [5.74, 6) is 2.57. The van der Waals surface area contributed by atoms with Crippen molar-refractivity contribution in [2.75, 3.05) is 6.79 Å². The largest absolute Gasteiger partial charge is 0.454 e. The van der Waals surface area contributed by atoms with E-state index < -0.39 is 0 Å². The Labute approximate surface area is 121 Å². The summed E-state index contributed by atoms with van der Waals surface area (Å²) in [6, 6.07) is 7.19. The van der Waals surface area contributed by atoms with Crippen molar-refractivity contribution in [3.63, 3.8) is 0 Å². The van der Waals surface area contributed by atoms with Crippen molar-refractivity contribution in [1.82, 2.24) is 5.32 Å². The van der Waals surface area contributed by atoms with Gasteiger partial charge in [0.1, 0.15) is 0 Å². The molecule has 1 aliphatic heterocycles. The molecule has 110 valence electrons. The van der Waals surface area contributed by atoms with Crippen molar-refractivity contribution in [3.8, 4) is 11.5 Å². The van der Waals surface area contributed by atoms with Crippen LogP contribution < -0.4 is 14.8 Å². The Hall–Kier alpha value is -1.22. The standard InChI is InChI=1S/C17H25NO2/c1-12(14-6-4-3-5-7-14)18-13(2)15-8-9-16-17(10-15)20-11-19-16/h8-10,12-14,18H,3-7,11H2,1-2H3. The summed E-state index contributed by atoms with van der Waals surface area (Å²) in [6.45, 7) is 4.91. The van der Waals surface area contributed by atoms with Gasteiger partial charge < -0.3 is 14.8 Å². The molecular weight excluding hydrogens is 250 g/mol. The molecule has 0 radical (unpaired) electrons. The summed E-state index contributed by atoms with van der Waals surface area (Å²) in [5.41, 5.74) is 1.27. The third kappa shape index (κ3) is 2.93. The lowest BCUT2D eigenvalue weighted by Gasteiger charge is -2.30. The predicted octanol–water partition coefficient (Wildman–Crippen LogP) is 4.03. The van der Waals surface area contributed by atoms with Crippen LogP contribution in [0.25, 0.3) is 0 Å². The molecule has 2 atom stereocenters. The van der Waals surface area contributed by atoms with E-state index in [1.165, 1.54) is 37.7 Å². The van der Waals surface area contributed by atoms with E-state index >= 15 is 0 Å². The second-order valence-corrected chi connectivity index (χ2v) is 6.19. The van der Waals surface area contributed by atoms with Crippen molar-refractivity contribution in [1.29, 1.82) is 0 Å². The van der Waals surface area contributed by atoms with Crippen molar-refractivity contribution < 1.29 is 9.47 Å². The van der Waals surface area contributed by atoms with Gasteiger partial charge in [0.05, 0.1) is 0 Å². The molecule has 3 rings (SSSR count). The third-order valence-electron chi connectivity index (χ3n) is 4.77. The first-order chi connectivity index (χ1) is 9.74. The van der Waals surface area contributed by atoms with Crippen LogP contribution in [0.4, 0.5) is 0 Å². The van der Waals surface area contributed by atoms with Gasteiger partial charge in [-0.2, -0.15) is 0 Å². The molecule has 0 aromatic heterocycles. The van der Waals surface area contributed by atoms with E-state index in [9.17, 15) is 0 Å². The summed E-state index contributed by atoms with van der Waals surface area (Å²) in [6.07, 6.45) is 6.97. The molecule has 0 saturated heterocycles. The first-order valence-electron chi connectivity index (χ1n) is 7.89. The SMILES string of the molecule is CC(NC(C)C1CCCCC1)c1ccc2c(c1)OCO2.